The minimum Gasteiger partial charge on any atom is -0.462 e. The standard InChI is InChI=1S/C13H14BrN3O4S/c1-3-21-13(18)11-8(2)15-16-12(11)22(19,20)17-10-6-4-5-9(14)7-10/h4-7,17H,3H2,1-2H3,(H,15,16). The monoisotopic (exact) mass is 387 g/mol. The molecule has 0 radical (unpaired) electrons. The number of rotatable bonds is 5. The Morgan fingerprint density at radius 2 is 2.18 bits per heavy atom. The zero-order chi connectivity index (χ0) is 16.3. The second-order valence-electron chi connectivity index (χ2n) is 4.37. The normalized spacial score (nSPS) is 11.2. The second kappa shape index (κ2) is 6.49. The number of aryl methyl sites for hydroxylation is 1. The van der Waals surface area contributed by atoms with Gasteiger partial charge in [-0.15, -0.1) is 0 Å². The lowest BCUT2D eigenvalue weighted by atomic mass is 10.3. The summed E-state index contributed by atoms with van der Waals surface area (Å²) in [5.41, 5.74) is 0.585. The number of carbonyl (C=O) groups is 1. The van der Waals surface area contributed by atoms with Crippen molar-refractivity contribution in [1.29, 1.82) is 0 Å². The molecule has 0 aliphatic rings. The van der Waals surface area contributed by atoms with Crippen molar-refractivity contribution in [3.05, 3.63) is 40.0 Å². The summed E-state index contributed by atoms with van der Waals surface area (Å²) in [6.07, 6.45) is 0. The molecule has 1 aromatic carbocycles. The summed E-state index contributed by atoms with van der Waals surface area (Å²) in [5, 5.41) is 5.84. The number of anilines is 1. The number of nitrogens with one attached hydrogen (secondary N) is 2. The number of ether oxygens (including phenoxy) is 1. The summed E-state index contributed by atoms with van der Waals surface area (Å²) in [6, 6.07) is 6.64. The van der Waals surface area contributed by atoms with E-state index in [1.165, 1.54) is 0 Å². The first-order valence-corrected chi connectivity index (χ1v) is 8.63. The average molecular weight is 388 g/mol. The quantitative estimate of drug-likeness (QED) is 0.767. The molecule has 2 aromatic rings. The van der Waals surface area contributed by atoms with Crippen LogP contribution in [0.5, 0.6) is 0 Å². The molecule has 0 saturated carbocycles. The van der Waals surface area contributed by atoms with Crippen LogP contribution >= 0.6 is 15.9 Å². The Labute approximate surface area is 136 Å². The summed E-state index contributed by atoms with van der Waals surface area (Å²) in [4.78, 5) is 11.9. The van der Waals surface area contributed by atoms with Gasteiger partial charge in [-0.05, 0) is 32.0 Å². The van der Waals surface area contributed by atoms with E-state index in [2.05, 4.69) is 30.8 Å². The van der Waals surface area contributed by atoms with E-state index < -0.39 is 16.0 Å². The highest BCUT2D eigenvalue weighted by atomic mass is 79.9. The number of halogens is 1. The minimum atomic E-state index is -4.02. The molecular formula is C13H14BrN3O4S. The van der Waals surface area contributed by atoms with E-state index in [1.807, 2.05) is 0 Å². The molecule has 22 heavy (non-hydrogen) atoms. The molecule has 0 unspecified atom stereocenters. The third-order valence-electron chi connectivity index (χ3n) is 2.72. The van der Waals surface area contributed by atoms with E-state index in [4.69, 9.17) is 4.74 Å². The van der Waals surface area contributed by atoms with Crippen LogP contribution in [0.4, 0.5) is 5.69 Å². The van der Waals surface area contributed by atoms with Crippen molar-refractivity contribution in [1.82, 2.24) is 10.2 Å². The number of hydrogen-bond donors (Lipinski definition) is 2. The van der Waals surface area contributed by atoms with E-state index in [0.717, 1.165) is 4.47 Å². The smallest absolute Gasteiger partial charge is 0.343 e. The van der Waals surface area contributed by atoms with Crippen molar-refractivity contribution >= 4 is 37.6 Å². The van der Waals surface area contributed by atoms with Gasteiger partial charge < -0.3 is 4.74 Å². The van der Waals surface area contributed by atoms with Gasteiger partial charge in [0.25, 0.3) is 10.0 Å². The Morgan fingerprint density at radius 1 is 1.45 bits per heavy atom. The van der Waals surface area contributed by atoms with Gasteiger partial charge in [-0.2, -0.15) is 13.5 Å². The van der Waals surface area contributed by atoms with Gasteiger partial charge in [0.1, 0.15) is 5.56 Å². The number of aromatic nitrogens is 2. The van der Waals surface area contributed by atoms with Crippen LogP contribution in [0.25, 0.3) is 0 Å². The van der Waals surface area contributed by atoms with Gasteiger partial charge in [-0.3, -0.25) is 9.82 Å². The zero-order valence-corrected chi connectivity index (χ0v) is 14.3. The molecule has 0 atom stereocenters. The van der Waals surface area contributed by atoms with Crippen molar-refractivity contribution in [3.63, 3.8) is 0 Å². The maximum atomic E-state index is 12.4. The number of hydrogen-bond acceptors (Lipinski definition) is 5. The number of nitrogens with zero attached hydrogens (tertiary/aromatic N) is 1. The molecule has 2 N–H and O–H groups in total. The van der Waals surface area contributed by atoms with Gasteiger partial charge in [-0.25, -0.2) is 4.79 Å². The molecule has 0 amide bonds. The van der Waals surface area contributed by atoms with Crippen molar-refractivity contribution in [2.45, 2.75) is 18.9 Å². The Bertz CT molecular complexity index is 801. The van der Waals surface area contributed by atoms with Crippen LogP contribution in [0.1, 0.15) is 23.0 Å². The van der Waals surface area contributed by atoms with Crippen molar-refractivity contribution in [3.8, 4) is 0 Å². The van der Waals surface area contributed by atoms with Gasteiger partial charge in [0, 0.05) is 15.9 Å². The number of carbonyl (C=O) groups excluding carboxylic acids is 1. The summed E-state index contributed by atoms with van der Waals surface area (Å²) >= 11 is 3.26. The largest absolute Gasteiger partial charge is 0.462 e. The second-order valence-corrected chi connectivity index (χ2v) is 6.88. The highest BCUT2D eigenvalue weighted by Gasteiger charge is 2.29. The minimum absolute atomic E-state index is 0.0932. The predicted octanol–water partition coefficient (Wildman–Crippen LogP) is 2.46. The maximum Gasteiger partial charge on any atom is 0.343 e. The van der Waals surface area contributed by atoms with Crippen molar-refractivity contribution in [2.24, 2.45) is 0 Å². The molecule has 118 valence electrons. The number of benzene rings is 1. The molecule has 0 fully saturated rings. The summed E-state index contributed by atoms with van der Waals surface area (Å²) in [6.45, 7) is 3.33. The maximum absolute atomic E-state index is 12.4. The summed E-state index contributed by atoms with van der Waals surface area (Å²) in [7, 11) is -4.02. The van der Waals surface area contributed by atoms with E-state index in [1.54, 1.807) is 38.1 Å². The zero-order valence-electron chi connectivity index (χ0n) is 11.9. The van der Waals surface area contributed by atoms with E-state index in [0.29, 0.717) is 11.4 Å². The fraction of sp³-hybridized carbons (Fsp3) is 0.231. The fourth-order valence-electron chi connectivity index (χ4n) is 1.80. The predicted molar refractivity (Wildman–Crippen MR) is 84.2 cm³/mol. The van der Waals surface area contributed by atoms with E-state index in [-0.39, 0.29) is 17.2 Å². The van der Waals surface area contributed by atoms with Crippen molar-refractivity contribution in [2.75, 3.05) is 11.3 Å². The Balaban J connectivity index is 2.40. The van der Waals surface area contributed by atoms with Crippen LogP contribution in [0.3, 0.4) is 0 Å². The van der Waals surface area contributed by atoms with Crippen LogP contribution in [-0.4, -0.2) is 31.2 Å². The van der Waals surface area contributed by atoms with Crippen LogP contribution in [0.15, 0.2) is 33.8 Å². The Morgan fingerprint density at radius 3 is 2.82 bits per heavy atom. The van der Waals surface area contributed by atoms with Gasteiger partial charge >= 0.3 is 5.97 Å². The number of aromatic amines is 1. The van der Waals surface area contributed by atoms with E-state index >= 15 is 0 Å². The molecule has 2 rings (SSSR count). The highest BCUT2D eigenvalue weighted by Crippen LogP contribution is 2.22. The average Bonchev–Trinajstić information content (AvgIpc) is 2.81. The topological polar surface area (TPSA) is 101 Å². The molecule has 0 saturated heterocycles. The van der Waals surface area contributed by atoms with Crippen LogP contribution in [-0.2, 0) is 14.8 Å². The summed E-state index contributed by atoms with van der Waals surface area (Å²) < 4.78 is 32.8. The van der Waals surface area contributed by atoms with Gasteiger partial charge in [0.05, 0.1) is 6.61 Å². The van der Waals surface area contributed by atoms with Crippen LogP contribution in [0, 0.1) is 6.92 Å². The Kier molecular flexibility index (Phi) is 4.87. The lowest BCUT2D eigenvalue weighted by molar-refractivity contribution is 0.0521. The molecule has 0 aliphatic carbocycles. The Hall–Kier alpha value is -1.87. The first-order valence-electron chi connectivity index (χ1n) is 6.35. The van der Waals surface area contributed by atoms with Gasteiger partial charge in [0.2, 0.25) is 5.03 Å². The molecule has 7 nitrogen and oxygen atoms in total. The SMILES string of the molecule is CCOC(=O)c1c(S(=O)(=O)Nc2cccc(Br)c2)n[nH]c1C. The fourth-order valence-corrected chi connectivity index (χ4v) is 3.40. The molecule has 0 bridgehead atoms. The molecule has 1 aromatic heterocycles. The third kappa shape index (κ3) is 3.47. The van der Waals surface area contributed by atoms with Crippen LogP contribution < -0.4 is 4.72 Å². The van der Waals surface area contributed by atoms with Gasteiger partial charge in [0.15, 0.2) is 0 Å². The first kappa shape index (κ1) is 16.5. The van der Waals surface area contributed by atoms with Crippen molar-refractivity contribution < 1.29 is 17.9 Å². The molecule has 0 spiro atoms. The number of H-pyrrole nitrogens is 1. The molecule has 0 aliphatic heterocycles. The van der Waals surface area contributed by atoms with E-state index in [9.17, 15) is 13.2 Å². The lowest BCUT2D eigenvalue weighted by Gasteiger charge is -2.08. The molecule has 9 heteroatoms. The summed E-state index contributed by atoms with van der Waals surface area (Å²) in [5.74, 6) is -0.733. The van der Waals surface area contributed by atoms with Crippen LogP contribution in [0.2, 0.25) is 0 Å². The number of sulfonamides is 1. The third-order valence-corrected chi connectivity index (χ3v) is 4.53. The lowest BCUT2D eigenvalue weighted by Crippen LogP contribution is -2.18. The highest BCUT2D eigenvalue weighted by molar-refractivity contribution is 9.10. The van der Waals surface area contributed by atoms with Gasteiger partial charge in [-0.1, -0.05) is 22.0 Å². The molecular weight excluding hydrogens is 374 g/mol. The number of esters is 1. The molecule has 1 heterocycles. The first-order chi connectivity index (χ1) is 10.3.